The lowest BCUT2D eigenvalue weighted by atomic mass is 10.0. The molecule has 2 aliphatic carbocycles. The molecule has 2 aliphatic rings. The molecule has 0 bridgehead atoms. The van der Waals surface area contributed by atoms with Gasteiger partial charge in [0.1, 0.15) is 5.82 Å². The van der Waals surface area contributed by atoms with Crippen LogP contribution in [0, 0.1) is 12.8 Å². The molecule has 33 heavy (non-hydrogen) atoms. The third-order valence-corrected chi connectivity index (χ3v) is 9.42. The van der Waals surface area contributed by atoms with Gasteiger partial charge < -0.3 is 5.73 Å². The molecule has 5 rings (SSSR count). The van der Waals surface area contributed by atoms with Gasteiger partial charge in [-0.3, -0.25) is 9.69 Å². The molecule has 1 aromatic carbocycles. The summed E-state index contributed by atoms with van der Waals surface area (Å²) in [6.07, 6.45) is 2.98. The zero-order valence-corrected chi connectivity index (χ0v) is 20.0. The minimum absolute atomic E-state index is 0.0173. The van der Waals surface area contributed by atoms with Crippen molar-refractivity contribution in [1.82, 2.24) is 14.7 Å². The number of pyridine rings is 1. The summed E-state index contributed by atoms with van der Waals surface area (Å²) in [5.74, 6) is 0.181. The summed E-state index contributed by atoms with van der Waals surface area (Å²) >= 11 is 1.04. The fourth-order valence-electron chi connectivity index (χ4n) is 4.17. The number of sulfonamides is 1. The maximum atomic E-state index is 13.3. The van der Waals surface area contributed by atoms with Crippen molar-refractivity contribution in [1.29, 1.82) is 0 Å². The van der Waals surface area contributed by atoms with Crippen LogP contribution in [0.1, 0.15) is 29.7 Å². The monoisotopic (exact) mass is 483 g/mol. The molecule has 2 heterocycles. The van der Waals surface area contributed by atoms with Crippen molar-refractivity contribution in [2.24, 2.45) is 5.92 Å². The van der Waals surface area contributed by atoms with Crippen molar-refractivity contribution in [2.75, 3.05) is 17.7 Å². The minimum Gasteiger partial charge on any atom is -0.384 e. The second kappa shape index (κ2) is 8.19. The highest BCUT2D eigenvalue weighted by atomic mass is 32.2. The van der Waals surface area contributed by atoms with Crippen molar-refractivity contribution < 1.29 is 13.2 Å². The van der Waals surface area contributed by atoms with E-state index in [9.17, 15) is 13.2 Å². The predicted octanol–water partition coefficient (Wildman–Crippen LogP) is 2.91. The molecular formula is C23H25N5O3S2. The average Bonchev–Trinajstić information content (AvgIpc) is 3.32. The highest BCUT2D eigenvalue weighted by Crippen LogP contribution is 2.35. The standard InChI is InChI=1S/C23H25N5O3S2/c1-13-22(33(30,31)27-18-8-9-18)32-23(25-13)28(2)21(29)17-10-14-6-7-15(11-16(14)12-17)19-4-3-5-20(24)26-19/h3-7,11,17-18,27H,8-10,12H2,1-2H3,(H2,24,26)/t17-/m1/s1. The first-order chi connectivity index (χ1) is 15.7. The Labute approximate surface area is 196 Å². The minimum atomic E-state index is -3.61. The molecule has 0 radical (unpaired) electrons. The molecule has 3 aromatic rings. The van der Waals surface area contributed by atoms with E-state index in [0.29, 0.717) is 29.5 Å². The Hall–Kier alpha value is -2.82. The van der Waals surface area contributed by atoms with Crippen LogP contribution in [0.25, 0.3) is 11.3 Å². The zero-order chi connectivity index (χ0) is 23.3. The molecule has 1 fully saturated rings. The van der Waals surface area contributed by atoms with Crippen LogP contribution in [0.5, 0.6) is 0 Å². The smallest absolute Gasteiger partial charge is 0.252 e. The molecule has 0 saturated heterocycles. The Morgan fingerprint density at radius 3 is 2.64 bits per heavy atom. The van der Waals surface area contributed by atoms with Gasteiger partial charge in [-0.2, -0.15) is 0 Å². The van der Waals surface area contributed by atoms with E-state index in [0.717, 1.165) is 46.6 Å². The fraction of sp³-hybridized carbons (Fsp3) is 0.348. The van der Waals surface area contributed by atoms with Gasteiger partial charge >= 0.3 is 0 Å². The van der Waals surface area contributed by atoms with Gasteiger partial charge in [-0.1, -0.05) is 29.5 Å². The first-order valence-electron chi connectivity index (χ1n) is 10.8. The molecule has 1 amide bonds. The maximum Gasteiger partial charge on any atom is 0.252 e. The largest absolute Gasteiger partial charge is 0.384 e. The number of nitrogen functional groups attached to an aromatic ring is 1. The quantitative estimate of drug-likeness (QED) is 0.557. The number of carbonyl (C=O) groups is 1. The summed E-state index contributed by atoms with van der Waals surface area (Å²) < 4.78 is 28.1. The molecule has 0 aliphatic heterocycles. The predicted molar refractivity (Wildman–Crippen MR) is 129 cm³/mol. The van der Waals surface area contributed by atoms with Crippen LogP contribution < -0.4 is 15.4 Å². The number of nitrogens with one attached hydrogen (secondary N) is 1. The topological polar surface area (TPSA) is 118 Å². The molecule has 10 heteroatoms. The normalized spacial score (nSPS) is 17.7. The summed E-state index contributed by atoms with van der Waals surface area (Å²) in [5.41, 5.74) is 10.3. The molecule has 1 atom stereocenters. The number of benzene rings is 1. The van der Waals surface area contributed by atoms with E-state index in [-0.39, 0.29) is 22.1 Å². The lowest BCUT2D eigenvalue weighted by molar-refractivity contribution is -0.121. The second-order valence-corrected chi connectivity index (χ2v) is 11.6. The first-order valence-corrected chi connectivity index (χ1v) is 13.1. The summed E-state index contributed by atoms with van der Waals surface area (Å²) in [5, 5.41) is 0.397. The van der Waals surface area contributed by atoms with Gasteiger partial charge in [-0.25, -0.2) is 23.1 Å². The van der Waals surface area contributed by atoms with Gasteiger partial charge in [0.05, 0.1) is 11.4 Å². The van der Waals surface area contributed by atoms with Crippen LogP contribution in [-0.2, 0) is 27.7 Å². The van der Waals surface area contributed by atoms with Crippen LogP contribution in [0.3, 0.4) is 0 Å². The Kier molecular flexibility index (Phi) is 5.46. The Morgan fingerprint density at radius 1 is 1.15 bits per heavy atom. The zero-order valence-electron chi connectivity index (χ0n) is 18.4. The third kappa shape index (κ3) is 4.38. The molecule has 0 unspecified atom stereocenters. The number of nitrogens with zero attached hydrogens (tertiary/aromatic N) is 3. The second-order valence-electron chi connectivity index (χ2n) is 8.70. The number of aryl methyl sites for hydroxylation is 1. The highest BCUT2D eigenvalue weighted by Gasteiger charge is 2.34. The number of carbonyl (C=O) groups excluding carboxylic acids is 1. The van der Waals surface area contributed by atoms with Gasteiger partial charge in [0, 0.05) is 24.6 Å². The number of hydrogen-bond acceptors (Lipinski definition) is 7. The van der Waals surface area contributed by atoms with Crippen LogP contribution in [0.15, 0.2) is 40.6 Å². The van der Waals surface area contributed by atoms with E-state index < -0.39 is 10.0 Å². The molecule has 0 spiro atoms. The molecule has 3 N–H and O–H groups in total. The summed E-state index contributed by atoms with van der Waals surface area (Å²) in [4.78, 5) is 23.5. The third-order valence-electron chi connectivity index (χ3n) is 6.06. The van der Waals surface area contributed by atoms with E-state index >= 15 is 0 Å². The Bertz CT molecular complexity index is 1350. The van der Waals surface area contributed by atoms with Gasteiger partial charge in [0.15, 0.2) is 9.34 Å². The van der Waals surface area contributed by atoms with E-state index in [2.05, 4.69) is 20.8 Å². The summed E-state index contributed by atoms with van der Waals surface area (Å²) in [6, 6.07) is 11.7. The molecular weight excluding hydrogens is 458 g/mol. The number of nitrogens with two attached hydrogens (primary N) is 1. The van der Waals surface area contributed by atoms with Crippen LogP contribution in [-0.4, -0.2) is 37.4 Å². The average molecular weight is 484 g/mol. The molecule has 172 valence electrons. The number of amides is 1. The first kappa shape index (κ1) is 22.0. The molecule has 1 saturated carbocycles. The summed E-state index contributed by atoms with van der Waals surface area (Å²) in [6.45, 7) is 1.66. The lowest BCUT2D eigenvalue weighted by Crippen LogP contribution is -2.33. The molecule has 2 aromatic heterocycles. The number of anilines is 2. The van der Waals surface area contributed by atoms with E-state index in [1.165, 1.54) is 4.90 Å². The van der Waals surface area contributed by atoms with Gasteiger partial charge in [-0.15, -0.1) is 0 Å². The molecule has 8 nitrogen and oxygen atoms in total. The lowest BCUT2D eigenvalue weighted by Gasteiger charge is -2.18. The number of rotatable bonds is 6. The number of hydrogen-bond donors (Lipinski definition) is 2. The van der Waals surface area contributed by atoms with Gasteiger partial charge in [0.2, 0.25) is 5.91 Å². The van der Waals surface area contributed by atoms with Gasteiger partial charge in [0.25, 0.3) is 10.0 Å². The van der Waals surface area contributed by atoms with Crippen molar-refractivity contribution in [2.45, 2.75) is 42.9 Å². The van der Waals surface area contributed by atoms with Crippen LogP contribution >= 0.6 is 11.3 Å². The van der Waals surface area contributed by atoms with E-state index in [1.54, 1.807) is 20.0 Å². The van der Waals surface area contributed by atoms with Gasteiger partial charge in [-0.05, 0) is 61.9 Å². The SMILES string of the molecule is Cc1nc(N(C)C(=O)[C@@H]2Cc3ccc(-c4cccc(N)n4)cc3C2)sc1S(=O)(=O)NC1CC1. The maximum absolute atomic E-state index is 13.3. The summed E-state index contributed by atoms with van der Waals surface area (Å²) in [7, 11) is -1.95. The van der Waals surface area contributed by atoms with Crippen molar-refractivity contribution in [3.63, 3.8) is 0 Å². The highest BCUT2D eigenvalue weighted by molar-refractivity contribution is 7.91. The Balaban J connectivity index is 1.33. The van der Waals surface area contributed by atoms with Crippen molar-refractivity contribution >= 4 is 38.2 Å². The van der Waals surface area contributed by atoms with Crippen molar-refractivity contribution in [3.05, 3.63) is 53.2 Å². The fourth-order valence-corrected chi connectivity index (χ4v) is 6.96. The number of aromatic nitrogens is 2. The number of thiazole rings is 1. The van der Waals surface area contributed by atoms with Crippen LogP contribution in [0.4, 0.5) is 10.9 Å². The number of fused-ring (bicyclic) bond motifs is 1. The van der Waals surface area contributed by atoms with Crippen molar-refractivity contribution in [3.8, 4) is 11.3 Å². The van der Waals surface area contributed by atoms with E-state index in [4.69, 9.17) is 5.73 Å². The van der Waals surface area contributed by atoms with Crippen LogP contribution in [0.2, 0.25) is 0 Å². The Morgan fingerprint density at radius 2 is 1.91 bits per heavy atom. The van der Waals surface area contributed by atoms with E-state index in [1.807, 2.05) is 24.3 Å².